The van der Waals surface area contributed by atoms with E-state index in [1.54, 1.807) is 6.07 Å². The number of ether oxygens (including phenoxy) is 1. The van der Waals surface area contributed by atoms with E-state index in [1.807, 2.05) is 0 Å². The van der Waals surface area contributed by atoms with Crippen LogP contribution in [0.25, 0.3) is 10.9 Å². The summed E-state index contributed by atoms with van der Waals surface area (Å²) in [6.07, 6.45) is 3.04. The highest BCUT2D eigenvalue weighted by Gasteiger charge is 2.39. The summed E-state index contributed by atoms with van der Waals surface area (Å²) in [5.74, 6) is -0.253. The molecule has 2 N–H and O–H groups in total. The zero-order valence-corrected chi connectivity index (χ0v) is 13.6. The minimum absolute atomic E-state index is 0.0540. The van der Waals surface area contributed by atoms with Crippen molar-refractivity contribution in [1.82, 2.24) is 4.98 Å². The molecule has 3 nitrogen and oxygen atoms in total. The van der Waals surface area contributed by atoms with Gasteiger partial charge in [-0.15, -0.1) is 0 Å². The van der Waals surface area contributed by atoms with Crippen molar-refractivity contribution in [3.63, 3.8) is 0 Å². The predicted octanol–water partition coefficient (Wildman–Crippen LogP) is 4.02. The van der Waals surface area contributed by atoms with Crippen LogP contribution < -0.4 is 0 Å². The normalized spacial score (nSPS) is 21.7. The Morgan fingerprint density at radius 3 is 2.95 bits per heavy atom. The molecule has 0 amide bonds. The molecule has 1 aromatic heterocycles. The summed E-state index contributed by atoms with van der Waals surface area (Å²) in [7, 11) is 0. The average Bonchev–Trinajstić information content (AvgIpc) is 2.86. The van der Waals surface area contributed by atoms with E-state index >= 15 is 0 Å². The Hall–Kier alpha value is -0.910. The molecule has 1 aromatic carbocycles. The van der Waals surface area contributed by atoms with Crippen LogP contribution in [0, 0.1) is 5.82 Å². The monoisotopic (exact) mass is 355 g/mol. The van der Waals surface area contributed by atoms with Crippen LogP contribution in [0.15, 0.2) is 16.6 Å². The van der Waals surface area contributed by atoms with Gasteiger partial charge >= 0.3 is 0 Å². The second-order valence-corrected chi connectivity index (χ2v) is 6.43. The van der Waals surface area contributed by atoms with Crippen molar-refractivity contribution < 1.29 is 14.2 Å². The SMILES string of the molecule is CCCC1(CCO)OCCc2c1[nH]c1c(F)ccc(Br)c21. The predicted molar refractivity (Wildman–Crippen MR) is 83.9 cm³/mol. The van der Waals surface area contributed by atoms with E-state index in [-0.39, 0.29) is 12.4 Å². The Balaban J connectivity index is 2.26. The minimum Gasteiger partial charge on any atom is -0.396 e. The number of aromatic amines is 1. The smallest absolute Gasteiger partial charge is 0.147 e. The first-order valence-corrected chi connectivity index (χ1v) is 8.16. The summed E-state index contributed by atoms with van der Waals surface area (Å²) >= 11 is 3.53. The third kappa shape index (κ3) is 2.31. The van der Waals surface area contributed by atoms with Crippen molar-refractivity contribution in [3.8, 4) is 0 Å². The van der Waals surface area contributed by atoms with Gasteiger partial charge in [-0.1, -0.05) is 29.3 Å². The summed E-state index contributed by atoms with van der Waals surface area (Å²) in [5, 5.41) is 10.4. The molecule has 0 aliphatic carbocycles. The van der Waals surface area contributed by atoms with Crippen LogP contribution in [-0.2, 0) is 16.8 Å². The highest BCUT2D eigenvalue weighted by Crippen LogP contribution is 2.44. The van der Waals surface area contributed by atoms with Crippen molar-refractivity contribution in [1.29, 1.82) is 0 Å². The van der Waals surface area contributed by atoms with Gasteiger partial charge in [-0.2, -0.15) is 0 Å². The van der Waals surface area contributed by atoms with Gasteiger partial charge in [0.25, 0.3) is 0 Å². The van der Waals surface area contributed by atoms with Crippen molar-refractivity contribution in [2.24, 2.45) is 0 Å². The maximum Gasteiger partial charge on any atom is 0.147 e. The number of hydrogen-bond donors (Lipinski definition) is 2. The molecule has 0 saturated carbocycles. The summed E-state index contributed by atoms with van der Waals surface area (Å²) in [5.41, 5.74) is 2.05. The molecule has 0 fully saturated rings. The first-order chi connectivity index (χ1) is 10.1. The van der Waals surface area contributed by atoms with Gasteiger partial charge in [0.05, 0.1) is 17.8 Å². The lowest BCUT2D eigenvalue weighted by molar-refractivity contribution is -0.0830. The van der Waals surface area contributed by atoms with E-state index in [0.717, 1.165) is 40.4 Å². The average molecular weight is 356 g/mol. The molecule has 2 heterocycles. The molecule has 0 saturated heterocycles. The van der Waals surface area contributed by atoms with Gasteiger partial charge in [0.1, 0.15) is 11.4 Å². The molecule has 1 unspecified atom stereocenters. The first kappa shape index (κ1) is 15.0. The summed E-state index contributed by atoms with van der Waals surface area (Å²) in [6.45, 7) is 2.75. The van der Waals surface area contributed by atoms with Gasteiger partial charge in [-0.05, 0) is 30.5 Å². The third-order valence-corrected chi connectivity index (χ3v) is 4.97. The quantitative estimate of drug-likeness (QED) is 0.869. The first-order valence-electron chi connectivity index (χ1n) is 7.37. The second-order valence-electron chi connectivity index (χ2n) is 5.57. The molecule has 1 aliphatic heterocycles. The van der Waals surface area contributed by atoms with Gasteiger partial charge in [-0.3, -0.25) is 0 Å². The maximum atomic E-state index is 14.1. The number of aliphatic hydroxyl groups is 1. The van der Waals surface area contributed by atoms with E-state index in [2.05, 4.69) is 27.8 Å². The van der Waals surface area contributed by atoms with Gasteiger partial charge in [0.15, 0.2) is 0 Å². The van der Waals surface area contributed by atoms with Crippen LogP contribution in [0.3, 0.4) is 0 Å². The highest BCUT2D eigenvalue weighted by atomic mass is 79.9. The van der Waals surface area contributed by atoms with Gasteiger partial charge < -0.3 is 14.8 Å². The molecule has 0 spiro atoms. The Morgan fingerprint density at radius 1 is 1.43 bits per heavy atom. The Kier molecular flexibility index (Phi) is 4.08. The summed E-state index contributed by atoms with van der Waals surface area (Å²) in [4.78, 5) is 3.24. The number of nitrogens with one attached hydrogen (secondary N) is 1. The van der Waals surface area contributed by atoms with Crippen LogP contribution in [0.4, 0.5) is 4.39 Å². The lowest BCUT2D eigenvalue weighted by Crippen LogP contribution is -2.36. The van der Waals surface area contributed by atoms with Crippen molar-refractivity contribution >= 4 is 26.8 Å². The van der Waals surface area contributed by atoms with Crippen molar-refractivity contribution in [3.05, 3.63) is 33.7 Å². The fourth-order valence-electron chi connectivity index (χ4n) is 3.46. The number of rotatable bonds is 4. The molecule has 2 aromatic rings. The van der Waals surface area contributed by atoms with E-state index in [1.165, 1.54) is 6.07 Å². The van der Waals surface area contributed by atoms with Gasteiger partial charge in [0.2, 0.25) is 0 Å². The number of benzene rings is 1. The molecule has 1 atom stereocenters. The maximum absolute atomic E-state index is 14.1. The lowest BCUT2D eigenvalue weighted by Gasteiger charge is -2.37. The number of aromatic nitrogens is 1. The van der Waals surface area contributed by atoms with Gasteiger partial charge in [-0.25, -0.2) is 4.39 Å². The fraction of sp³-hybridized carbons (Fsp3) is 0.500. The van der Waals surface area contributed by atoms with Gasteiger partial charge in [0, 0.05) is 22.9 Å². The largest absolute Gasteiger partial charge is 0.396 e. The number of fused-ring (bicyclic) bond motifs is 3. The topological polar surface area (TPSA) is 45.2 Å². The van der Waals surface area contributed by atoms with Crippen molar-refractivity contribution in [2.45, 2.75) is 38.2 Å². The molecule has 114 valence electrons. The van der Waals surface area contributed by atoms with E-state index in [9.17, 15) is 9.50 Å². The van der Waals surface area contributed by atoms with Crippen LogP contribution in [-0.4, -0.2) is 23.3 Å². The number of hydrogen-bond acceptors (Lipinski definition) is 2. The van der Waals surface area contributed by atoms with E-state index in [4.69, 9.17) is 4.74 Å². The summed E-state index contributed by atoms with van der Waals surface area (Å²) < 4.78 is 21.1. The van der Waals surface area contributed by atoms with Crippen LogP contribution in [0.5, 0.6) is 0 Å². The summed E-state index contributed by atoms with van der Waals surface area (Å²) in [6, 6.07) is 3.21. The third-order valence-electron chi connectivity index (χ3n) is 4.31. The second kappa shape index (κ2) is 5.71. The Labute approximate surface area is 131 Å². The number of aliphatic hydroxyl groups excluding tert-OH is 1. The van der Waals surface area contributed by atoms with E-state index in [0.29, 0.717) is 18.5 Å². The van der Waals surface area contributed by atoms with Crippen molar-refractivity contribution in [2.75, 3.05) is 13.2 Å². The lowest BCUT2D eigenvalue weighted by atomic mass is 9.85. The molecule has 1 aliphatic rings. The molecule has 0 radical (unpaired) electrons. The Bertz CT molecular complexity index is 662. The Morgan fingerprint density at radius 2 is 2.24 bits per heavy atom. The number of halogens is 2. The highest BCUT2D eigenvalue weighted by molar-refractivity contribution is 9.10. The molecule has 5 heteroatoms. The molecular formula is C16H19BrFNO2. The van der Waals surface area contributed by atoms with Crippen LogP contribution in [0.2, 0.25) is 0 Å². The van der Waals surface area contributed by atoms with Crippen LogP contribution in [0.1, 0.15) is 37.4 Å². The fourth-order valence-corrected chi connectivity index (χ4v) is 4.03. The molecule has 0 bridgehead atoms. The zero-order valence-electron chi connectivity index (χ0n) is 12.0. The molecule has 3 rings (SSSR count). The minimum atomic E-state index is -0.526. The van der Waals surface area contributed by atoms with E-state index < -0.39 is 5.60 Å². The molecular weight excluding hydrogens is 337 g/mol. The molecule has 21 heavy (non-hydrogen) atoms. The standard InChI is InChI=1S/C16H19BrFNO2/c1-2-6-16(7-8-20)15-10(5-9-21-16)13-11(17)3-4-12(18)14(13)19-15/h3-4,19-20H,2,5-9H2,1H3. The zero-order chi connectivity index (χ0) is 15.0. The van der Waals surface area contributed by atoms with Crippen LogP contribution >= 0.6 is 15.9 Å². The number of H-pyrrole nitrogens is 1.